The molecule has 1 rings (SSSR count). The summed E-state index contributed by atoms with van der Waals surface area (Å²) in [5.41, 5.74) is 8.23. The Kier molecular flexibility index (Phi) is 3.99. The van der Waals surface area contributed by atoms with Crippen LogP contribution < -0.4 is 15.9 Å². The summed E-state index contributed by atoms with van der Waals surface area (Å²) >= 11 is 4.55. The Morgan fingerprint density at radius 1 is 1.67 bits per heavy atom. The van der Waals surface area contributed by atoms with E-state index >= 15 is 0 Å². The van der Waals surface area contributed by atoms with Crippen LogP contribution in [0.15, 0.2) is 23.3 Å². The van der Waals surface area contributed by atoms with Gasteiger partial charge < -0.3 is 10.5 Å². The van der Waals surface area contributed by atoms with Gasteiger partial charge in [-0.3, -0.25) is 5.43 Å². The average molecular weight is 227 g/mol. The first-order valence-electron chi connectivity index (χ1n) is 4.05. The summed E-state index contributed by atoms with van der Waals surface area (Å²) in [6, 6.07) is 4.36. The molecule has 0 aliphatic heterocycles. The zero-order valence-electron chi connectivity index (χ0n) is 8.03. The smallest absolute Gasteiger partial charge is 0.184 e. The van der Waals surface area contributed by atoms with Crippen molar-refractivity contribution in [3.63, 3.8) is 0 Å². The summed E-state index contributed by atoms with van der Waals surface area (Å²) in [7, 11) is 1.40. The second-order valence-corrected chi connectivity index (χ2v) is 3.07. The van der Waals surface area contributed by atoms with E-state index in [0.717, 1.165) is 0 Å². The Morgan fingerprint density at radius 3 is 3.00 bits per heavy atom. The molecule has 0 aliphatic rings. The minimum Gasteiger partial charge on any atom is -0.494 e. The van der Waals surface area contributed by atoms with Gasteiger partial charge in [-0.15, -0.1) is 0 Å². The predicted octanol–water partition coefficient (Wildman–Crippen LogP) is 1.00. The van der Waals surface area contributed by atoms with Gasteiger partial charge in [0.15, 0.2) is 16.7 Å². The van der Waals surface area contributed by atoms with Crippen molar-refractivity contribution in [1.82, 2.24) is 5.43 Å². The Hall–Kier alpha value is -1.69. The first kappa shape index (κ1) is 11.4. The van der Waals surface area contributed by atoms with Crippen molar-refractivity contribution < 1.29 is 9.13 Å². The number of nitrogens with zero attached hydrogens (tertiary/aromatic N) is 1. The van der Waals surface area contributed by atoms with Crippen molar-refractivity contribution in [2.45, 2.75) is 0 Å². The number of halogens is 1. The van der Waals surface area contributed by atoms with E-state index in [1.54, 1.807) is 6.07 Å². The van der Waals surface area contributed by atoms with Crippen molar-refractivity contribution in [1.29, 1.82) is 0 Å². The summed E-state index contributed by atoms with van der Waals surface area (Å²) < 4.78 is 17.8. The highest BCUT2D eigenvalue weighted by Gasteiger charge is 2.01. The zero-order chi connectivity index (χ0) is 11.3. The predicted molar refractivity (Wildman–Crippen MR) is 60.5 cm³/mol. The number of hydrogen-bond donors (Lipinski definition) is 2. The minimum absolute atomic E-state index is 0.0697. The van der Waals surface area contributed by atoms with Crippen molar-refractivity contribution in [2.75, 3.05) is 7.11 Å². The molecule has 1 aromatic rings. The molecule has 80 valence electrons. The van der Waals surface area contributed by atoms with Crippen LogP contribution in [0.1, 0.15) is 5.56 Å². The third-order valence-corrected chi connectivity index (χ3v) is 1.65. The third kappa shape index (κ3) is 3.51. The molecule has 6 heteroatoms. The second kappa shape index (κ2) is 5.26. The van der Waals surface area contributed by atoms with Gasteiger partial charge in [0.1, 0.15) is 0 Å². The molecular formula is C9H10FN3OS. The topological polar surface area (TPSA) is 59.6 Å². The molecule has 0 aliphatic carbocycles. The quantitative estimate of drug-likeness (QED) is 0.459. The lowest BCUT2D eigenvalue weighted by Gasteiger charge is -2.02. The fraction of sp³-hybridized carbons (Fsp3) is 0.111. The average Bonchev–Trinajstić information content (AvgIpc) is 2.20. The summed E-state index contributed by atoms with van der Waals surface area (Å²) in [5, 5.41) is 3.80. The van der Waals surface area contributed by atoms with E-state index in [-0.39, 0.29) is 10.9 Å². The summed E-state index contributed by atoms with van der Waals surface area (Å²) in [6.07, 6.45) is 1.46. The van der Waals surface area contributed by atoms with Crippen LogP contribution in [0.3, 0.4) is 0 Å². The van der Waals surface area contributed by atoms with Crippen molar-refractivity contribution >= 4 is 23.5 Å². The Labute approximate surface area is 91.9 Å². The van der Waals surface area contributed by atoms with Gasteiger partial charge in [0.2, 0.25) is 0 Å². The minimum atomic E-state index is -0.419. The lowest BCUT2D eigenvalue weighted by molar-refractivity contribution is 0.386. The summed E-state index contributed by atoms with van der Waals surface area (Å²) in [4.78, 5) is 0. The monoisotopic (exact) mass is 227 g/mol. The van der Waals surface area contributed by atoms with E-state index < -0.39 is 5.82 Å². The Morgan fingerprint density at radius 2 is 2.40 bits per heavy atom. The number of methoxy groups -OCH3 is 1. The van der Waals surface area contributed by atoms with Gasteiger partial charge in [-0.25, -0.2) is 4.39 Å². The first-order valence-corrected chi connectivity index (χ1v) is 4.46. The third-order valence-electron chi connectivity index (χ3n) is 1.56. The van der Waals surface area contributed by atoms with Crippen LogP contribution in [0.2, 0.25) is 0 Å². The van der Waals surface area contributed by atoms with Crippen LogP contribution in [0.25, 0.3) is 0 Å². The molecule has 0 unspecified atom stereocenters. The Bertz CT molecular complexity index is 395. The molecule has 0 bridgehead atoms. The maximum absolute atomic E-state index is 13.0. The van der Waals surface area contributed by atoms with Gasteiger partial charge in [-0.2, -0.15) is 5.10 Å². The van der Waals surface area contributed by atoms with E-state index in [2.05, 4.69) is 22.7 Å². The van der Waals surface area contributed by atoms with Crippen molar-refractivity contribution in [3.05, 3.63) is 29.6 Å². The van der Waals surface area contributed by atoms with E-state index in [4.69, 9.17) is 10.5 Å². The normalized spacial score (nSPS) is 10.3. The molecule has 0 amide bonds. The van der Waals surface area contributed by atoms with Gasteiger partial charge >= 0.3 is 0 Å². The maximum Gasteiger partial charge on any atom is 0.184 e. The van der Waals surface area contributed by atoms with Gasteiger partial charge in [0.25, 0.3) is 0 Å². The van der Waals surface area contributed by atoms with Crippen molar-refractivity contribution in [2.24, 2.45) is 10.8 Å². The number of hydrazone groups is 1. The standard InChI is InChI=1S/C9H10FN3OS/c1-14-8-4-6(2-3-7(8)10)5-12-13-9(11)15/h2-5H,1H3,(H3,11,13,15). The van der Waals surface area contributed by atoms with Crippen LogP contribution in [0.4, 0.5) is 4.39 Å². The molecule has 0 spiro atoms. The molecule has 1 aromatic carbocycles. The van der Waals surface area contributed by atoms with E-state index in [1.807, 2.05) is 0 Å². The molecule has 15 heavy (non-hydrogen) atoms. The highest BCUT2D eigenvalue weighted by Crippen LogP contribution is 2.16. The number of rotatable bonds is 3. The van der Waals surface area contributed by atoms with Gasteiger partial charge in [0, 0.05) is 0 Å². The van der Waals surface area contributed by atoms with Gasteiger partial charge in [0.05, 0.1) is 13.3 Å². The largest absolute Gasteiger partial charge is 0.494 e. The highest BCUT2D eigenvalue weighted by atomic mass is 32.1. The second-order valence-electron chi connectivity index (χ2n) is 2.63. The van der Waals surface area contributed by atoms with Crippen LogP contribution in [0, 0.1) is 5.82 Å². The molecular weight excluding hydrogens is 217 g/mol. The molecule has 0 atom stereocenters. The summed E-state index contributed by atoms with van der Waals surface area (Å²) in [6.45, 7) is 0. The molecule has 4 nitrogen and oxygen atoms in total. The van der Waals surface area contributed by atoms with Crippen LogP contribution in [-0.4, -0.2) is 18.4 Å². The van der Waals surface area contributed by atoms with Crippen molar-refractivity contribution in [3.8, 4) is 5.75 Å². The van der Waals surface area contributed by atoms with Gasteiger partial charge in [-0.1, -0.05) is 6.07 Å². The van der Waals surface area contributed by atoms with E-state index in [1.165, 1.54) is 25.5 Å². The molecule has 0 saturated heterocycles. The van der Waals surface area contributed by atoms with Gasteiger partial charge in [-0.05, 0) is 29.9 Å². The van der Waals surface area contributed by atoms with Crippen LogP contribution in [0.5, 0.6) is 5.75 Å². The molecule has 0 fully saturated rings. The first-order chi connectivity index (χ1) is 7.13. The number of hydrogen-bond acceptors (Lipinski definition) is 3. The fourth-order valence-electron chi connectivity index (χ4n) is 0.927. The molecule has 0 saturated carbocycles. The molecule has 0 aromatic heterocycles. The number of nitrogens with two attached hydrogens (primary N) is 1. The van der Waals surface area contributed by atoms with Crippen LogP contribution in [-0.2, 0) is 0 Å². The Balaban J connectivity index is 2.78. The maximum atomic E-state index is 13.0. The fourth-order valence-corrected chi connectivity index (χ4v) is 0.980. The number of ether oxygens (including phenoxy) is 1. The zero-order valence-corrected chi connectivity index (χ0v) is 8.84. The molecule has 0 heterocycles. The lowest BCUT2D eigenvalue weighted by atomic mass is 10.2. The highest BCUT2D eigenvalue weighted by molar-refractivity contribution is 7.80. The molecule has 0 radical (unpaired) electrons. The van der Waals surface area contributed by atoms with Crippen LogP contribution >= 0.6 is 12.2 Å². The number of nitrogens with one attached hydrogen (secondary N) is 1. The lowest BCUT2D eigenvalue weighted by Crippen LogP contribution is -2.23. The molecule has 3 N–H and O–H groups in total. The SMILES string of the molecule is COc1cc(C=NNC(N)=S)ccc1F. The van der Waals surface area contributed by atoms with E-state index in [9.17, 15) is 4.39 Å². The number of thiocarbonyl (C=S) groups is 1. The summed E-state index contributed by atoms with van der Waals surface area (Å²) in [5.74, 6) is -0.258. The van der Waals surface area contributed by atoms with E-state index in [0.29, 0.717) is 5.56 Å². The number of benzene rings is 1.